The fourth-order valence-electron chi connectivity index (χ4n) is 1.45. The number of rotatable bonds is 3. The van der Waals surface area contributed by atoms with E-state index in [4.69, 9.17) is 11.5 Å². The maximum absolute atomic E-state index is 11.0. The van der Waals surface area contributed by atoms with Crippen LogP contribution in [0.25, 0.3) is 11.9 Å². The molecule has 0 radical (unpaired) electrons. The highest BCUT2D eigenvalue weighted by atomic mass is 16.1. The molecule has 20 heavy (non-hydrogen) atoms. The van der Waals surface area contributed by atoms with Crippen molar-refractivity contribution in [3.8, 4) is 11.9 Å². The number of amides is 1. The van der Waals surface area contributed by atoms with Gasteiger partial charge in [0.25, 0.3) is 17.8 Å². The molecular formula is C9H8N10O. The van der Waals surface area contributed by atoms with Gasteiger partial charge in [0.05, 0.1) is 0 Å². The van der Waals surface area contributed by atoms with Crippen LogP contribution in [0.4, 0.5) is 5.95 Å². The lowest BCUT2D eigenvalue weighted by atomic mass is 10.4. The molecule has 0 aliphatic rings. The lowest BCUT2D eigenvalue weighted by molar-refractivity contribution is 0.0995. The van der Waals surface area contributed by atoms with Crippen LogP contribution in [0.3, 0.4) is 0 Å². The maximum Gasteiger partial charge on any atom is 0.269 e. The van der Waals surface area contributed by atoms with Gasteiger partial charge in [0.15, 0.2) is 0 Å². The summed E-state index contributed by atoms with van der Waals surface area (Å²) in [5.41, 5.74) is 10.8. The Morgan fingerprint density at radius 2 is 1.90 bits per heavy atom. The molecule has 0 aromatic carbocycles. The Kier molecular flexibility index (Phi) is 2.56. The normalized spacial score (nSPS) is 10.6. The van der Waals surface area contributed by atoms with Crippen molar-refractivity contribution >= 4 is 11.9 Å². The summed E-state index contributed by atoms with van der Waals surface area (Å²) in [6.45, 7) is 0. The first-order chi connectivity index (χ1) is 9.63. The van der Waals surface area contributed by atoms with Gasteiger partial charge in [-0.1, -0.05) is 0 Å². The van der Waals surface area contributed by atoms with E-state index in [1.54, 1.807) is 0 Å². The molecule has 0 unspecified atom stereocenters. The van der Waals surface area contributed by atoms with E-state index in [1.807, 2.05) is 0 Å². The highest BCUT2D eigenvalue weighted by Crippen LogP contribution is 2.06. The molecule has 0 fully saturated rings. The average molecular weight is 272 g/mol. The number of carbonyl (C=O) groups is 1. The molecule has 1 amide bonds. The van der Waals surface area contributed by atoms with Crippen LogP contribution in [0, 0.1) is 0 Å². The summed E-state index contributed by atoms with van der Waals surface area (Å²) in [5.74, 6) is -0.351. The summed E-state index contributed by atoms with van der Waals surface area (Å²) in [7, 11) is 0. The van der Waals surface area contributed by atoms with Gasteiger partial charge in [0, 0.05) is 6.20 Å². The number of hydrogen-bond donors (Lipinski definition) is 2. The Hall–Kier alpha value is -3.37. The van der Waals surface area contributed by atoms with Gasteiger partial charge in [-0.2, -0.15) is 29.8 Å². The second-order valence-corrected chi connectivity index (χ2v) is 3.64. The summed E-state index contributed by atoms with van der Waals surface area (Å²) in [6, 6.07) is 1.44. The van der Waals surface area contributed by atoms with E-state index < -0.39 is 5.91 Å². The lowest BCUT2D eigenvalue weighted by Gasteiger charge is -2.03. The molecule has 3 aromatic heterocycles. The topological polar surface area (TPSA) is 156 Å². The zero-order chi connectivity index (χ0) is 14.1. The van der Waals surface area contributed by atoms with Crippen molar-refractivity contribution < 1.29 is 4.79 Å². The second-order valence-electron chi connectivity index (χ2n) is 3.64. The predicted octanol–water partition coefficient (Wildman–Crippen LogP) is -1.68. The number of hydrogen-bond acceptors (Lipinski definition) is 8. The third kappa shape index (κ3) is 2.03. The Labute approximate surface area is 111 Å². The number of carbonyl (C=O) groups excluding carboxylic acids is 1. The van der Waals surface area contributed by atoms with E-state index in [1.165, 1.54) is 34.3 Å². The van der Waals surface area contributed by atoms with Crippen molar-refractivity contribution in [2.75, 3.05) is 5.73 Å². The van der Waals surface area contributed by atoms with Gasteiger partial charge in [-0.05, 0) is 6.07 Å². The molecule has 11 nitrogen and oxygen atoms in total. The summed E-state index contributed by atoms with van der Waals surface area (Å²) in [4.78, 5) is 26.8. The Morgan fingerprint density at radius 3 is 2.50 bits per heavy atom. The van der Waals surface area contributed by atoms with E-state index in [9.17, 15) is 4.79 Å². The second kappa shape index (κ2) is 4.38. The zero-order valence-corrected chi connectivity index (χ0v) is 9.95. The molecule has 0 bridgehead atoms. The van der Waals surface area contributed by atoms with Gasteiger partial charge in [-0.3, -0.25) is 4.79 Å². The number of aromatic nitrogens is 8. The standard InChI is InChI=1S/C9H8N10O/c10-6(20)5-1-2-18(17-5)8-14-7(11)15-9(16-8)19-4-12-3-13-19/h1-4H,(H2,10,20)(H2,11,14,15,16). The van der Waals surface area contributed by atoms with Crippen LogP contribution >= 0.6 is 0 Å². The van der Waals surface area contributed by atoms with Crippen LogP contribution in [0.1, 0.15) is 10.5 Å². The summed E-state index contributed by atoms with van der Waals surface area (Å²) in [5, 5.41) is 7.82. The van der Waals surface area contributed by atoms with E-state index in [2.05, 4.69) is 30.1 Å². The fourth-order valence-corrected chi connectivity index (χ4v) is 1.45. The van der Waals surface area contributed by atoms with E-state index in [0.717, 1.165) is 0 Å². The van der Waals surface area contributed by atoms with Crippen LogP contribution in [-0.4, -0.2) is 45.4 Å². The van der Waals surface area contributed by atoms with Gasteiger partial charge in [0.1, 0.15) is 18.3 Å². The number of nitrogens with zero attached hydrogens (tertiary/aromatic N) is 8. The van der Waals surface area contributed by atoms with Crippen LogP contribution in [-0.2, 0) is 0 Å². The summed E-state index contributed by atoms with van der Waals surface area (Å²) < 4.78 is 2.58. The van der Waals surface area contributed by atoms with Gasteiger partial charge in [0.2, 0.25) is 5.95 Å². The van der Waals surface area contributed by atoms with Gasteiger partial charge >= 0.3 is 0 Å². The van der Waals surface area contributed by atoms with E-state index in [-0.39, 0.29) is 23.5 Å². The number of anilines is 1. The van der Waals surface area contributed by atoms with Gasteiger partial charge in [-0.15, -0.1) is 0 Å². The highest BCUT2D eigenvalue weighted by Gasteiger charge is 2.11. The van der Waals surface area contributed by atoms with Crippen LogP contribution in [0.15, 0.2) is 24.9 Å². The summed E-state index contributed by atoms with van der Waals surface area (Å²) >= 11 is 0. The van der Waals surface area contributed by atoms with Crippen molar-refractivity contribution in [1.29, 1.82) is 0 Å². The molecule has 11 heteroatoms. The number of primary amides is 1. The Bertz CT molecular complexity index is 761. The fraction of sp³-hybridized carbons (Fsp3) is 0. The lowest BCUT2D eigenvalue weighted by Crippen LogP contribution is -2.14. The first kappa shape index (κ1) is 11.7. The Balaban J connectivity index is 2.07. The van der Waals surface area contributed by atoms with Gasteiger partial charge < -0.3 is 11.5 Å². The molecule has 3 rings (SSSR count). The quantitative estimate of drug-likeness (QED) is 0.572. The monoisotopic (exact) mass is 272 g/mol. The minimum absolute atomic E-state index is 0.0170. The van der Waals surface area contributed by atoms with Crippen molar-refractivity contribution in [2.24, 2.45) is 5.73 Å². The van der Waals surface area contributed by atoms with Crippen LogP contribution < -0.4 is 11.5 Å². The first-order valence-corrected chi connectivity index (χ1v) is 5.36. The van der Waals surface area contributed by atoms with Crippen LogP contribution in [0.2, 0.25) is 0 Å². The Morgan fingerprint density at radius 1 is 1.15 bits per heavy atom. The molecular weight excluding hydrogens is 264 g/mol. The smallest absolute Gasteiger partial charge is 0.269 e. The highest BCUT2D eigenvalue weighted by molar-refractivity contribution is 5.90. The number of nitrogen functional groups attached to an aromatic ring is 1. The minimum Gasteiger partial charge on any atom is -0.368 e. The molecule has 0 aliphatic carbocycles. The van der Waals surface area contributed by atoms with E-state index in [0.29, 0.717) is 0 Å². The average Bonchev–Trinajstić information content (AvgIpc) is 3.10. The molecule has 4 N–H and O–H groups in total. The van der Waals surface area contributed by atoms with Crippen molar-refractivity contribution in [3.63, 3.8) is 0 Å². The molecule has 3 heterocycles. The molecule has 0 saturated heterocycles. The van der Waals surface area contributed by atoms with E-state index >= 15 is 0 Å². The SMILES string of the molecule is NC(=O)c1ccn(-c2nc(N)nc(-n3cncn3)n2)n1. The molecule has 100 valence electrons. The third-order valence-electron chi connectivity index (χ3n) is 2.30. The third-order valence-corrected chi connectivity index (χ3v) is 2.30. The largest absolute Gasteiger partial charge is 0.368 e. The van der Waals surface area contributed by atoms with Crippen molar-refractivity contribution in [3.05, 3.63) is 30.6 Å². The minimum atomic E-state index is -0.651. The molecule has 3 aromatic rings. The molecule has 0 aliphatic heterocycles. The van der Waals surface area contributed by atoms with Crippen LogP contribution in [0.5, 0.6) is 0 Å². The van der Waals surface area contributed by atoms with Crippen molar-refractivity contribution in [1.82, 2.24) is 39.5 Å². The molecule has 0 spiro atoms. The zero-order valence-electron chi connectivity index (χ0n) is 9.95. The molecule has 0 atom stereocenters. The number of nitrogens with two attached hydrogens (primary N) is 2. The first-order valence-electron chi connectivity index (χ1n) is 5.36. The molecule has 0 saturated carbocycles. The summed E-state index contributed by atoms with van der Waals surface area (Å²) in [6.07, 6.45) is 4.23. The van der Waals surface area contributed by atoms with Crippen molar-refractivity contribution in [2.45, 2.75) is 0 Å². The predicted molar refractivity (Wildman–Crippen MR) is 64.8 cm³/mol. The maximum atomic E-state index is 11.0. The van der Waals surface area contributed by atoms with Gasteiger partial charge in [-0.25, -0.2) is 9.67 Å².